The van der Waals surface area contributed by atoms with Crippen LogP contribution >= 0.6 is 0 Å². The maximum absolute atomic E-state index is 12.9. The molecule has 0 spiro atoms. The Balaban J connectivity index is 2.35. The summed E-state index contributed by atoms with van der Waals surface area (Å²) in [4.78, 5) is 11.6. The molecular formula is C12H15F2N3O2. The number of hydrogen-bond donors (Lipinski definition) is 3. The zero-order valence-electron chi connectivity index (χ0n) is 10.2. The average molecular weight is 271 g/mol. The predicted molar refractivity (Wildman–Crippen MR) is 66.0 cm³/mol. The van der Waals surface area contributed by atoms with Gasteiger partial charge in [0, 0.05) is 24.6 Å². The van der Waals surface area contributed by atoms with Gasteiger partial charge in [-0.2, -0.15) is 0 Å². The predicted octanol–water partition coefficient (Wildman–Crippen LogP) is 1.61. The number of amides is 1. The Hall–Kier alpha value is -2.18. The molecule has 0 heterocycles. The van der Waals surface area contributed by atoms with Crippen molar-refractivity contribution in [3.8, 4) is 0 Å². The zero-order chi connectivity index (χ0) is 14.3. The number of hydrogen-bond acceptors (Lipinski definition) is 3. The molecule has 0 bridgehead atoms. The van der Waals surface area contributed by atoms with E-state index in [-0.39, 0.29) is 11.4 Å². The highest BCUT2D eigenvalue weighted by molar-refractivity contribution is 5.94. The lowest BCUT2D eigenvalue weighted by Gasteiger charge is -2.05. The molecule has 1 rings (SSSR count). The Morgan fingerprint density at radius 1 is 1.26 bits per heavy atom. The lowest BCUT2D eigenvalue weighted by atomic mass is 10.2. The summed E-state index contributed by atoms with van der Waals surface area (Å²) in [5, 5.41) is 13.6. The highest BCUT2D eigenvalue weighted by atomic mass is 19.1. The van der Waals surface area contributed by atoms with Crippen molar-refractivity contribution >= 4 is 11.7 Å². The Morgan fingerprint density at radius 2 is 1.89 bits per heavy atom. The molecule has 1 amide bonds. The monoisotopic (exact) mass is 271 g/mol. The SMILES string of the molecule is NC(CCCCNC(=O)c1cc(F)cc(F)c1)=NO. The third-order valence-corrected chi connectivity index (χ3v) is 2.40. The van der Waals surface area contributed by atoms with Crippen LogP contribution in [-0.4, -0.2) is 23.5 Å². The van der Waals surface area contributed by atoms with Crippen molar-refractivity contribution in [2.24, 2.45) is 10.9 Å². The van der Waals surface area contributed by atoms with E-state index < -0.39 is 17.5 Å². The lowest BCUT2D eigenvalue weighted by molar-refractivity contribution is 0.0952. The van der Waals surface area contributed by atoms with Gasteiger partial charge in [-0.15, -0.1) is 0 Å². The molecule has 0 radical (unpaired) electrons. The first-order valence-corrected chi connectivity index (χ1v) is 5.73. The summed E-state index contributed by atoms with van der Waals surface area (Å²) in [6.07, 6.45) is 1.66. The number of carbonyl (C=O) groups excluding carboxylic acids is 1. The summed E-state index contributed by atoms with van der Waals surface area (Å²) in [6.45, 7) is 0.343. The second-order valence-corrected chi connectivity index (χ2v) is 3.96. The summed E-state index contributed by atoms with van der Waals surface area (Å²) in [5.41, 5.74) is 5.21. The molecule has 0 aliphatic heterocycles. The van der Waals surface area contributed by atoms with Crippen molar-refractivity contribution in [2.45, 2.75) is 19.3 Å². The van der Waals surface area contributed by atoms with E-state index in [1.807, 2.05) is 0 Å². The molecular weight excluding hydrogens is 256 g/mol. The highest BCUT2D eigenvalue weighted by Crippen LogP contribution is 2.07. The summed E-state index contributed by atoms with van der Waals surface area (Å²) >= 11 is 0. The number of amidine groups is 1. The van der Waals surface area contributed by atoms with Gasteiger partial charge in [-0.05, 0) is 25.0 Å². The Morgan fingerprint density at radius 3 is 2.47 bits per heavy atom. The summed E-state index contributed by atoms with van der Waals surface area (Å²) in [6, 6.07) is 2.64. The van der Waals surface area contributed by atoms with Gasteiger partial charge in [0.15, 0.2) is 0 Å². The fourth-order valence-electron chi connectivity index (χ4n) is 1.47. The fraction of sp³-hybridized carbons (Fsp3) is 0.333. The third-order valence-electron chi connectivity index (χ3n) is 2.40. The lowest BCUT2D eigenvalue weighted by Crippen LogP contribution is -2.25. The van der Waals surface area contributed by atoms with E-state index in [2.05, 4.69) is 10.5 Å². The second kappa shape index (κ2) is 7.30. The Kier molecular flexibility index (Phi) is 5.72. The van der Waals surface area contributed by atoms with Crippen LogP contribution in [0.2, 0.25) is 0 Å². The highest BCUT2D eigenvalue weighted by Gasteiger charge is 2.08. The maximum atomic E-state index is 12.9. The van der Waals surface area contributed by atoms with Gasteiger partial charge < -0.3 is 16.3 Å². The number of nitrogens with one attached hydrogen (secondary N) is 1. The van der Waals surface area contributed by atoms with Crippen LogP contribution in [-0.2, 0) is 0 Å². The Labute approximate surface area is 109 Å². The first-order chi connectivity index (χ1) is 9.02. The molecule has 1 aromatic carbocycles. The number of nitrogens with two attached hydrogens (primary N) is 1. The summed E-state index contributed by atoms with van der Waals surface area (Å²) in [5.74, 6) is -2.00. The average Bonchev–Trinajstić information content (AvgIpc) is 2.36. The molecule has 0 atom stereocenters. The largest absolute Gasteiger partial charge is 0.409 e. The van der Waals surface area contributed by atoms with Crippen molar-refractivity contribution in [3.63, 3.8) is 0 Å². The normalized spacial score (nSPS) is 11.4. The van der Waals surface area contributed by atoms with E-state index in [9.17, 15) is 13.6 Å². The molecule has 0 saturated heterocycles. The molecule has 0 aromatic heterocycles. The summed E-state index contributed by atoms with van der Waals surface area (Å²) in [7, 11) is 0. The molecule has 0 aliphatic carbocycles. The molecule has 4 N–H and O–H groups in total. The number of nitrogens with zero attached hydrogens (tertiary/aromatic N) is 1. The molecule has 0 fully saturated rings. The quantitative estimate of drug-likeness (QED) is 0.241. The number of carbonyl (C=O) groups is 1. The van der Waals surface area contributed by atoms with Crippen LogP contribution in [0.25, 0.3) is 0 Å². The van der Waals surface area contributed by atoms with Gasteiger partial charge in [0.1, 0.15) is 17.5 Å². The van der Waals surface area contributed by atoms with E-state index in [1.54, 1.807) is 0 Å². The molecule has 0 unspecified atom stereocenters. The van der Waals surface area contributed by atoms with Crippen LogP contribution in [0, 0.1) is 11.6 Å². The minimum Gasteiger partial charge on any atom is -0.409 e. The van der Waals surface area contributed by atoms with E-state index in [0.717, 1.165) is 12.1 Å². The molecule has 5 nitrogen and oxygen atoms in total. The number of benzene rings is 1. The number of rotatable bonds is 6. The van der Waals surface area contributed by atoms with Gasteiger partial charge in [0.2, 0.25) is 0 Å². The molecule has 0 aliphatic rings. The first-order valence-electron chi connectivity index (χ1n) is 5.73. The zero-order valence-corrected chi connectivity index (χ0v) is 10.2. The van der Waals surface area contributed by atoms with Gasteiger partial charge in [0.25, 0.3) is 5.91 Å². The smallest absolute Gasteiger partial charge is 0.251 e. The van der Waals surface area contributed by atoms with Crippen LogP contribution in [0.4, 0.5) is 8.78 Å². The van der Waals surface area contributed by atoms with Gasteiger partial charge in [0.05, 0.1) is 0 Å². The fourth-order valence-corrected chi connectivity index (χ4v) is 1.47. The van der Waals surface area contributed by atoms with E-state index in [1.165, 1.54) is 0 Å². The van der Waals surface area contributed by atoms with Crippen molar-refractivity contribution in [1.82, 2.24) is 5.32 Å². The van der Waals surface area contributed by atoms with Crippen LogP contribution in [0.5, 0.6) is 0 Å². The molecule has 0 saturated carbocycles. The van der Waals surface area contributed by atoms with Crippen LogP contribution in [0.1, 0.15) is 29.6 Å². The van der Waals surface area contributed by atoms with Crippen molar-refractivity contribution in [3.05, 3.63) is 35.4 Å². The van der Waals surface area contributed by atoms with Crippen molar-refractivity contribution in [2.75, 3.05) is 6.54 Å². The van der Waals surface area contributed by atoms with E-state index in [0.29, 0.717) is 31.9 Å². The van der Waals surface area contributed by atoms with Gasteiger partial charge in [-0.3, -0.25) is 4.79 Å². The maximum Gasteiger partial charge on any atom is 0.251 e. The van der Waals surface area contributed by atoms with Gasteiger partial charge in [-0.1, -0.05) is 5.16 Å². The Bertz CT molecular complexity index is 458. The summed E-state index contributed by atoms with van der Waals surface area (Å²) < 4.78 is 25.8. The van der Waals surface area contributed by atoms with Crippen molar-refractivity contribution < 1.29 is 18.8 Å². The first kappa shape index (κ1) is 14.9. The molecule has 7 heteroatoms. The van der Waals surface area contributed by atoms with Gasteiger partial charge >= 0.3 is 0 Å². The number of unbranched alkanes of at least 4 members (excludes halogenated alkanes) is 1. The minimum absolute atomic E-state index is 0.0612. The minimum atomic E-state index is -0.794. The third kappa shape index (κ3) is 5.33. The van der Waals surface area contributed by atoms with E-state index in [4.69, 9.17) is 10.9 Å². The second-order valence-electron chi connectivity index (χ2n) is 3.96. The van der Waals surface area contributed by atoms with Gasteiger partial charge in [-0.25, -0.2) is 8.78 Å². The van der Waals surface area contributed by atoms with Crippen LogP contribution in [0.15, 0.2) is 23.4 Å². The van der Waals surface area contributed by atoms with Crippen molar-refractivity contribution in [1.29, 1.82) is 0 Å². The molecule has 104 valence electrons. The molecule has 19 heavy (non-hydrogen) atoms. The van der Waals surface area contributed by atoms with E-state index >= 15 is 0 Å². The standard InChI is InChI=1S/C12H15F2N3O2/c13-9-5-8(6-10(14)7-9)12(18)16-4-2-1-3-11(15)17-19/h5-7,19H,1-4H2,(H2,15,17)(H,16,18). The number of halogens is 2. The topological polar surface area (TPSA) is 87.7 Å². The number of oxime groups is 1. The molecule has 1 aromatic rings. The van der Waals surface area contributed by atoms with Crippen LogP contribution < -0.4 is 11.1 Å². The van der Waals surface area contributed by atoms with Crippen LogP contribution in [0.3, 0.4) is 0 Å².